The zero-order chi connectivity index (χ0) is 10.6. The monoisotopic (exact) mass is 201 g/mol. The van der Waals surface area contributed by atoms with E-state index in [2.05, 4.69) is 26.1 Å². The van der Waals surface area contributed by atoms with E-state index in [4.69, 9.17) is 4.74 Å². The Morgan fingerprint density at radius 2 is 1.93 bits per heavy atom. The first kappa shape index (κ1) is 13.9. The van der Waals surface area contributed by atoms with Crippen LogP contribution in [0.15, 0.2) is 0 Å². The molecule has 0 aliphatic heterocycles. The molecule has 0 spiro atoms. The second-order valence-electron chi connectivity index (χ2n) is 3.98. The van der Waals surface area contributed by atoms with Crippen LogP contribution in [-0.2, 0) is 4.74 Å². The van der Waals surface area contributed by atoms with E-state index in [0.717, 1.165) is 25.7 Å². The van der Waals surface area contributed by atoms with Gasteiger partial charge < -0.3 is 10.1 Å². The fraction of sp³-hybridized carbons (Fsp3) is 1.00. The van der Waals surface area contributed by atoms with Crippen LogP contribution in [0.3, 0.4) is 0 Å². The molecule has 0 radical (unpaired) electrons. The van der Waals surface area contributed by atoms with Gasteiger partial charge in [0.1, 0.15) is 0 Å². The van der Waals surface area contributed by atoms with E-state index >= 15 is 0 Å². The summed E-state index contributed by atoms with van der Waals surface area (Å²) < 4.78 is 5.31. The van der Waals surface area contributed by atoms with Gasteiger partial charge in [-0.1, -0.05) is 13.8 Å². The largest absolute Gasteiger partial charge is 0.382 e. The molecule has 1 N–H and O–H groups in total. The molecule has 0 saturated carbocycles. The normalized spacial score (nSPS) is 13.1. The lowest BCUT2D eigenvalue weighted by molar-refractivity contribution is 0.139. The third-order valence-electron chi connectivity index (χ3n) is 2.43. The van der Waals surface area contributed by atoms with Gasteiger partial charge in [-0.2, -0.15) is 0 Å². The molecule has 0 aliphatic rings. The molecule has 0 aromatic rings. The summed E-state index contributed by atoms with van der Waals surface area (Å²) in [7, 11) is 0. The summed E-state index contributed by atoms with van der Waals surface area (Å²) in [6.07, 6.45) is 5.04. The Bertz CT molecular complexity index is 94.5. The van der Waals surface area contributed by atoms with Crippen molar-refractivity contribution in [2.24, 2.45) is 5.92 Å². The molecular weight excluding hydrogens is 174 g/mol. The number of hydrogen-bond donors (Lipinski definition) is 1. The standard InChI is InChI=1S/C12H27NO/c1-4-9-13-10-8-12(3)7-6-11-14-5-2/h12-13H,4-11H2,1-3H3. The van der Waals surface area contributed by atoms with E-state index < -0.39 is 0 Å². The molecule has 0 aliphatic carbocycles. The van der Waals surface area contributed by atoms with Crippen molar-refractivity contribution in [1.29, 1.82) is 0 Å². The molecular formula is C12H27NO. The van der Waals surface area contributed by atoms with E-state index in [1.807, 2.05) is 0 Å². The van der Waals surface area contributed by atoms with Crippen LogP contribution in [0.4, 0.5) is 0 Å². The number of nitrogens with one attached hydrogen (secondary N) is 1. The first-order valence-corrected chi connectivity index (χ1v) is 6.09. The predicted octanol–water partition coefficient (Wildman–Crippen LogP) is 2.83. The Morgan fingerprint density at radius 3 is 2.57 bits per heavy atom. The van der Waals surface area contributed by atoms with Crippen LogP contribution in [0.5, 0.6) is 0 Å². The topological polar surface area (TPSA) is 21.3 Å². The van der Waals surface area contributed by atoms with Crippen LogP contribution in [0.2, 0.25) is 0 Å². The highest BCUT2D eigenvalue weighted by molar-refractivity contribution is 4.56. The maximum Gasteiger partial charge on any atom is 0.0465 e. The van der Waals surface area contributed by atoms with E-state index in [1.54, 1.807) is 0 Å². The molecule has 0 saturated heterocycles. The minimum absolute atomic E-state index is 0.833. The van der Waals surface area contributed by atoms with Gasteiger partial charge in [-0.15, -0.1) is 0 Å². The van der Waals surface area contributed by atoms with Crippen LogP contribution in [0.1, 0.15) is 46.5 Å². The van der Waals surface area contributed by atoms with Crippen LogP contribution < -0.4 is 5.32 Å². The lowest BCUT2D eigenvalue weighted by Gasteiger charge is -2.11. The smallest absolute Gasteiger partial charge is 0.0465 e. The van der Waals surface area contributed by atoms with Crippen molar-refractivity contribution in [3.05, 3.63) is 0 Å². The second-order valence-corrected chi connectivity index (χ2v) is 3.98. The van der Waals surface area contributed by atoms with Gasteiger partial charge in [0.25, 0.3) is 0 Å². The molecule has 0 bridgehead atoms. The average molecular weight is 201 g/mol. The fourth-order valence-corrected chi connectivity index (χ4v) is 1.47. The minimum Gasteiger partial charge on any atom is -0.382 e. The van der Waals surface area contributed by atoms with Gasteiger partial charge >= 0.3 is 0 Å². The van der Waals surface area contributed by atoms with Crippen molar-refractivity contribution in [3.63, 3.8) is 0 Å². The van der Waals surface area contributed by atoms with Crippen LogP contribution in [0, 0.1) is 5.92 Å². The second kappa shape index (κ2) is 11.0. The van der Waals surface area contributed by atoms with E-state index in [0.29, 0.717) is 0 Å². The molecule has 86 valence electrons. The molecule has 0 fully saturated rings. The molecule has 0 aromatic carbocycles. The Hall–Kier alpha value is -0.0800. The molecule has 1 atom stereocenters. The van der Waals surface area contributed by atoms with E-state index in [-0.39, 0.29) is 0 Å². The van der Waals surface area contributed by atoms with Crippen LogP contribution >= 0.6 is 0 Å². The summed E-state index contributed by atoms with van der Waals surface area (Å²) in [5, 5.41) is 3.44. The first-order chi connectivity index (χ1) is 6.81. The quantitative estimate of drug-likeness (QED) is 0.549. The van der Waals surface area contributed by atoms with Gasteiger partial charge in [0.15, 0.2) is 0 Å². The van der Waals surface area contributed by atoms with Crippen molar-refractivity contribution < 1.29 is 4.74 Å². The third kappa shape index (κ3) is 10.0. The van der Waals surface area contributed by atoms with Crippen molar-refractivity contribution in [2.75, 3.05) is 26.3 Å². The van der Waals surface area contributed by atoms with Crippen molar-refractivity contribution >= 4 is 0 Å². The van der Waals surface area contributed by atoms with Gasteiger partial charge in [-0.25, -0.2) is 0 Å². The highest BCUT2D eigenvalue weighted by Gasteiger charge is 2.00. The Morgan fingerprint density at radius 1 is 1.14 bits per heavy atom. The van der Waals surface area contributed by atoms with E-state index in [1.165, 1.54) is 32.2 Å². The van der Waals surface area contributed by atoms with Crippen molar-refractivity contribution in [3.8, 4) is 0 Å². The number of rotatable bonds is 10. The van der Waals surface area contributed by atoms with Crippen molar-refractivity contribution in [1.82, 2.24) is 5.32 Å². The summed E-state index contributed by atoms with van der Waals surface area (Å²) in [6, 6.07) is 0. The third-order valence-corrected chi connectivity index (χ3v) is 2.43. The molecule has 0 rings (SSSR count). The maximum absolute atomic E-state index is 5.31. The van der Waals surface area contributed by atoms with Crippen molar-refractivity contribution in [2.45, 2.75) is 46.5 Å². The predicted molar refractivity (Wildman–Crippen MR) is 62.7 cm³/mol. The summed E-state index contributed by atoms with van der Waals surface area (Å²) in [5.41, 5.74) is 0. The number of ether oxygens (including phenoxy) is 1. The highest BCUT2D eigenvalue weighted by Crippen LogP contribution is 2.09. The lowest BCUT2D eigenvalue weighted by Crippen LogP contribution is -2.18. The molecule has 14 heavy (non-hydrogen) atoms. The van der Waals surface area contributed by atoms with Crippen LogP contribution in [0.25, 0.3) is 0 Å². The molecule has 2 heteroatoms. The average Bonchev–Trinajstić information content (AvgIpc) is 2.19. The molecule has 0 amide bonds. The molecule has 2 nitrogen and oxygen atoms in total. The minimum atomic E-state index is 0.833. The summed E-state index contributed by atoms with van der Waals surface area (Å²) >= 11 is 0. The van der Waals surface area contributed by atoms with E-state index in [9.17, 15) is 0 Å². The zero-order valence-electron chi connectivity index (χ0n) is 10.1. The maximum atomic E-state index is 5.31. The fourth-order valence-electron chi connectivity index (χ4n) is 1.47. The Balaban J connectivity index is 3.07. The molecule has 0 aromatic heterocycles. The SMILES string of the molecule is CCCNCCC(C)CCCOCC. The van der Waals surface area contributed by atoms with Crippen LogP contribution in [-0.4, -0.2) is 26.3 Å². The highest BCUT2D eigenvalue weighted by atomic mass is 16.5. The first-order valence-electron chi connectivity index (χ1n) is 6.09. The summed E-state index contributed by atoms with van der Waals surface area (Å²) in [6.45, 7) is 10.7. The van der Waals surface area contributed by atoms with Gasteiger partial charge in [0.05, 0.1) is 0 Å². The Labute approximate surface area is 89.4 Å². The zero-order valence-corrected chi connectivity index (χ0v) is 10.1. The lowest BCUT2D eigenvalue weighted by atomic mass is 10.0. The number of hydrogen-bond acceptors (Lipinski definition) is 2. The molecule has 0 heterocycles. The Kier molecular flexibility index (Phi) is 10.9. The van der Waals surface area contributed by atoms with Gasteiger partial charge in [-0.3, -0.25) is 0 Å². The summed E-state index contributed by atoms with van der Waals surface area (Å²) in [4.78, 5) is 0. The van der Waals surface area contributed by atoms with Gasteiger partial charge in [0, 0.05) is 13.2 Å². The summed E-state index contributed by atoms with van der Waals surface area (Å²) in [5.74, 6) is 0.833. The van der Waals surface area contributed by atoms with Gasteiger partial charge in [-0.05, 0) is 51.6 Å². The molecule has 1 unspecified atom stereocenters. The van der Waals surface area contributed by atoms with Gasteiger partial charge in [0.2, 0.25) is 0 Å².